The molecule has 0 spiro atoms. The van der Waals surface area contributed by atoms with E-state index in [1.807, 2.05) is 23.1 Å². The minimum atomic E-state index is -0.0658. The second-order valence-corrected chi connectivity index (χ2v) is 9.13. The molecular formula is C23H33N3O4. The SMILES string of the molecule is COc1ccc(-c2noc(CN(C(=O)CC(C)(C)C)C3CCCCC3)n2)cc1OC. The number of rotatable bonds is 7. The molecule has 2 aromatic rings. The van der Waals surface area contributed by atoms with Crippen LogP contribution in [0.25, 0.3) is 11.4 Å². The Morgan fingerprint density at radius 1 is 1.13 bits per heavy atom. The predicted molar refractivity (Wildman–Crippen MR) is 114 cm³/mol. The summed E-state index contributed by atoms with van der Waals surface area (Å²) in [7, 11) is 3.19. The van der Waals surface area contributed by atoms with Crippen LogP contribution < -0.4 is 9.47 Å². The van der Waals surface area contributed by atoms with Gasteiger partial charge in [-0.25, -0.2) is 0 Å². The molecule has 7 nitrogen and oxygen atoms in total. The maximum absolute atomic E-state index is 13.1. The molecule has 0 aliphatic heterocycles. The van der Waals surface area contributed by atoms with E-state index < -0.39 is 0 Å². The fourth-order valence-electron chi connectivity index (χ4n) is 3.93. The number of ether oxygens (including phenoxy) is 2. The second kappa shape index (κ2) is 9.49. The molecule has 0 bridgehead atoms. The standard InChI is InChI=1S/C23H33N3O4/c1-23(2,3)14-21(27)26(17-9-7-6-8-10-17)15-20-24-22(25-30-20)16-11-12-18(28-4)19(13-16)29-5/h11-13,17H,6-10,14-15H2,1-5H3. The van der Waals surface area contributed by atoms with Gasteiger partial charge in [-0.3, -0.25) is 4.79 Å². The van der Waals surface area contributed by atoms with Crippen LogP contribution in [0.4, 0.5) is 0 Å². The highest BCUT2D eigenvalue weighted by molar-refractivity contribution is 5.77. The van der Waals surface area contributed by atoms with E-state index in [0.717, 1.165) is 31.2 Å². The van der Waals surface area contributed by atoms with Gasteiger partial charge in [0.1, 0.15) is 6.54 Å². The molecule has 0 saturated heterocycles. The smallest absolute Gasteiger partial charge is 0.246 e. The van der Waals surface area contributed by atoms with Gasteiger partial charge in [-0.15, -0.1) is 0 Å². The van der Waals surface area contributed by atoms with Crippen molar-refractivity contribution in [2.24, 2.45) is 5.41 Å². The molecule has 1 aromatic carbocycles. The molecule has 7 heteroatoms. The zero-order chi connectivity index (χ0) is 21.7. The summed E-state index contributed by atoms with van der Waals surface area (Å²) >= 11 is 0. The fourth-order valence-corrected chi connectivity index (χ4v) is 3.93. The molecule has 3 rings (SSSR count). The number of methoxy groups -OCH3 is 2. The quantitative estimate of drug-likeness (QED) is 0.643. The summed E-state index contributed by atoms with van der Waals surface area (Å²) < 4.78 is 16.2. The summed E-state index contributed by atoms with van der Waals surface area (Å²) in [4.78, 5) is 19.6. The number of amides is 1. The second-order valence-electron chi connectivity index (χ2n) is 9.13. The Morgan fingerprint density at radius 2 is 1.83 bits per heavy atom. The number of benzene rings is 1. The van der Waals surface area contributed by atoms with Crippen molar-refractivity contribution < 1.29 is 18.8 Å². The lowest BCUT2D eigenvalue weighted by atomic mass is 9.89. The van der Waals surface area contributed by atoms with Crippen molar-refractivity contribution in [1.29, 1.82) is 0 Å². The van der Waals surface area contributed by atoms with Crippen molar-refractivity contribution in [2.75, 3.05) is 14.2 Å². The highest BCUT2D eigenvalue weighted by Gasteiger charge is 2.29. The van der Waals surface area contributed by atoms with Gasteiger partial charge in [0.05, 0.1) is 14.2 Å². The van der Waals surface area contributed by atoms with Gasteiger partial charge >= 0.3 is 0 Å². The Bertz CT molecular complexity index is 850. The normalized spacial score (nSPS) is 15.1. The molecule has 0 radical (unpaired) electrons. The third-order valence-corrected chi connectivity index (χ3v) is 5.43. The van der Waals surface area contributed by atoms with Crippen molar-refractivity contribution >= 4 is 5.91 Å². The number of carbonyl (C=O) groups excluding carboxylic acids is 1. The molecule has 1 aromatic heterocycles. The van der Waals surface area contributed by atoms with Crippen LogP contribution in [0, 0.1) is 5.41 Å². The maximum Gasteiger partial charge on any atom is 0.246 e. The Labute approximate surface area is 178 Å². The number of hydrogen-bond acceptors (Lipinski definition) is 6. The van der Waals surface area contributed by atoms with Gasteiger partial charge in [-0.2, -0.15) is 4.98 Å². The summed E-state index contributed by atoms with van der Waals surface area (Å²) in [6.45, 7) is 6.61. The van der Waals surface area contributed by atoms with Crippen LogP contribution in [-0.2, 0) is 11.3 Å². The van der Waals surface area contributed by atoms with Crippen LogP contribution in [0.15, 0.2) is 22.7 Å². The Morgan fingerprint density at radius 3 is 2.47 bits per heavy atom. The zero-order valence-corrected chi connectivity index (χ0v) is 18.7. The molecule has 1 heterocycles. The molecule has 0 N–H and O–H groups in total. The van der Waals surface area contributed by atoms with Crippen molar-refractivity contribution in [3.63, 3.8) is 0 Å². The number of hydrogen-bond donors (Lipinski definition) is 0. The first kappa shape index (κ1) is 22.1. The lowest BCUT2D eigenvalue weighted by molar-refractivity contribution is -0.137. The molecular weight excluding hydrogens is 382 g/mol. The largest absolute Gasteiger partial charge is 0.493 e. The molecule has 1 aliphatic rings. The highest BCUT2D eigenvalue weighted by Crippen LogP contribution is 2.32. The van der Waals surface area contributed by atoms with Crippen LogP contribution in [0.3, 0.4) is 0 Å². The summed E-state index contributed by atoms with van der Waals surface area (Å²) in [6, 6.07) is 5.73. The molecule has 0 atom stereocenters. The van der Waals surface area contributed by atoms with E-state index in [-0.39, 0.29) is 17.4 Å². The van der Waals surface area contributed by atoms with Crippen LogP contribution in [0.2, 0.25) is 0 Å². The summed E-state index contributed by atoms with van der Waals surface area (Å²) in [5.74, 6) is 2.32. The molecule has 1 saturated carbocycles. The first-order chi connectivity index (χ1) is 14.3. The average Bonchev–Trinajstić information content (AvgIpc) is 3.19. The summed E-state index contributed by atoms with van der Waals surface area (Å²) in [5, 5.41) is 4.13. The number of carbonyl (C=O) groups is 1. The van der Waals surface area contributed by atoms with Crippen LogP contribution >= 0.6 is 0 Å². The zero-order valence-electron chi connectivity index (χ0n) is 18.7. The van der Waals surface area contributed by atoms with E-state index in [1.54, 1.807) is 14.2 Å². The van der Waals surface area contributed by atoms with Crippen LogP contribution in [0.1, 0.15) is 65.2 Å². The monoisotopic (exact) mass is 415 g/mol. The number of nitrogens with zero attached hydrogens (tertiary/aromatic N) is 3. The van der Waals surface area contributed by atoms with Gasteiger partial charge in [0, 0.05) is 18.0 Å². The van der Waals surface area contributed by atoms with Gasteiger partial charge in [-0.1, -0.05) is 45.2 Å². The predicted octanol–water partition coefficient (Wildman–Crippen LogP) is 4.85. The van der Waals surface area contributed by atoms with E-state index in [1.165, 1.54) is 6.42 Å². The topological polar surface area (TPSA) is 77.7 Å². The Kier molecular flexibility index (Phi) is 7.00. The van der Waals surface area contributed by atoms with Gasteiger partial charge in [0.15, 0.2) is 11.5 Å². The van der Waals surface area contributed by atoms with Gasteiger partial charge < -0.3 is 18.9 Å². The van der Waals surface area contributed by atoms with Crippen molar-refractivity contribution in [1.82, 2.24) is 15.0 Å². The van der Waals surface area contributed by atoms with Crippen molar-refractivity contribution in [3.8, 4) is 22.9 Å². The van der Waals surface area contributed by atoms with Crippen LogP contribution in [0.5, 0.6) is 11.5 Å². The Hall–Kier alpha value is -2.57. The van der Waals surface area contributed by atoms with Gasteiger partial charge in [0.2, 0.25) is 17.6 Å². The minimum Gasteiger partial charge on any atom is -0.493 e. The molecule has 30 heavy (non-hydrogen) atoms. The van der Waals surface area contributed by atoms with Crippen LogP contribution in [-0.4, -0.2) is 41.2 Å². The average molecular weight is 416 g/mol. The first-order valence-corrected chi connectivity index (χ1v) is 10.6. The molecule has 1 aliphatic carbocycles. The minimum absolute atomic E-state index is 0.0658. The third kappa shape index (κ3) is 5.52. The van der Waals surface area contributed by atoms with E-state index >= 15 is 0 Å². The highest BCUT2D eigenvalue weighted by atomic mass is 16.5. The van der Waals surface area contributed by atoms with E-state index in [2.05, 4.69) is 30.9 Å². The fraction of sp³-hybridized carbons (Fsp3) is 0.609. The number of aromatic nitrogens is 2. The lowest BCUT2D eigenvalue weighted by Crippen LogP contribution is -2.42. The summed E-state index contributed by atoms with van der Waals surface area (Å²) in [5.41, 5.74) is 0.705. The molecule has 164 valence electrons. The molecule has 1 amide bonds. The van der Waals surface area contributed by atoms with Crippen molar-refractivity contribution in [3.05, 3.63) is 24.1 Å². The first-order valence-electron chi connectivity index (χ1n) is 10.6. The van der Waals surface area contributed by atoms with E-state index in [0.29, 0.717) is 36.2 Å². The molecule has 0 unspecified atom stereocenters. The van der Waals surface area contributed by atoms with Crippen molar-refractivity contribution in [2.45, 2.75) is 71.9 Å². The molecule has 1 fully saturated rings. The van der Waals surface area contributed by atoms with Gasteiger partial charge in [-0.05, 0) is 36.5 Å². The maximum atomic E-state index is 13.1. The third-order valence-electron chi connectivity index (χ3n) is 5.43. The summed E-state index contributed by atoms with van der Waals surface area (Å²) in [6.07, 6.45) is 6.12. The Balaban J connectivity index is 1.80. The van der Waals surface area contributed by atoms with E-state index in [9.17, 15) is 4.79 Å². The van der Waals surface area contributed by atoms with Gasteiger partial charge in [0.25, 0.3) is 0 Å². The lowest BCUT2D eigenvalue weighted by Gasteiger charge is -2.35. The van der Waals surface area contributed by atoms with E-state index in [4.69, 9.17) is 14.0 Å².